The lowest BCUT2D eigenvalue weighted by Gasteiger charge is -2.26. The first-order valence-electron chi connectivity index (χ1n) is 11.7. The molecule has 0 fully saturated rings. The number of nitrogens with one attached hydrogen (secondary N) is 2. The zero-order valence-corrected chi connectivity index (χ0v) is 19.5. The maximum absolute atomic E-state index is 13.0. The third-order valence-electron chi connectivity index (χ3n) is 5.94. The van der Waals surface area contributed by atoms with Gasteiger partial charge in [-0.2, -0.15) is 0 Å². The van der Waals surface area contributed by atoms with Crippen molar-refractivity contribution in [2.45, 2.75) is 39.1 Å². The van der Waals surface area contributed by atoms with E-state index in [-0.39, 0.29) is 11.9 Å². The van der Waals surface area contributed by atoms with E-state index in [0.29, 0.717) is 31.1 Å². The van der Waals surface area contributed by atoms with Crippen molar-refractivity contribution < 1.29 is 9.53 Å². The Morgan fingerprint density at radius 1 is 1.14 bits per heavy atom. The molecule has 2 N–H and O–H groups in total. The molecular weight excluding hydrogens is 442 g/mol. The molecule has 0 saturated heterocycles. The van der Waals surface area contributed by atoms with E-state index in [0.717, 1.165) is 41.3 Å². The molecule has 0 radical (unpaired) electrons. The predicted octanol–water partition coefficient (Wildman–Crippen LogP) is 3.76. The van der Waals surface area contributed by atoms with Crippen molar-refractivity contribution in [3.05, 3.63) is 89.6 Å². The summed E-state index contributed by atoms with van der Waals surface area (Å²) in [5, 5.41) is 15.2. The highest BCUT2D eigenvalue weighted by molar-refractivity contribution is 5.95. The number of amides is 1. The van der Waals surface area contributed by atoms with Crippen LogP contribution in [-0.4, -0.2) is 37.2 Å². The zero-order valence-electron chi connectivity index (χ0n) is 19.5. The second-order valence-electron chi connectivity index (χ2n) is 8.36. The normalized spacial score (nSPS) is 14.8. The number of ether oxygens (including phenoxy) is 1. The van der Waals surface area contributed by atoms with Crippen molar-refractivity contribution in [2.24, 2.45) is 0 Å². The Kier molecular flexibility index (Phi) is 6.76. The lowest BCUT2D eigenvalue weighted by molar-refractivity contribution is 0.0708. The fourth-order valence-corrected chi connectivity index (χ4v) is 4.23. The number of carbonyl (C=O) groups excluding carboxylic acids is 1. The molecule has 178 valence electrons. The van der Waals surface area contributed by atoms with Crippen LogP contribution in [0.3, 0.4) is 0 Å². The Hall–Kier alpha value is -4.11. The number of hydrogen-bond acceptors (Lipinski definition) is 7. The van der Waals surface area contributed by atoms with Gasteiger partial charge in [-0.15, -0.1) is 10.2 Å². The summed E-state index contributed by atoms with van der Waals surface area (Å²) < 4.78 is 7.73. The van der Waals surface area contributed by atoms with Gasteiger partial charge in [0.2, 0.25) is 0 Å². The number of anilines is 1. The van der Waals surface area contributed by atoms with Crippen molar-refractivity contribution >= 4 is 11.6 Å². The molecule has 2 aromatic carbocycles. The van der Waals surface area contributed by atoms with Crippen LogP contribution in [0.4, 0.5) is 5.69 Å². The molecule has 0 unspecified atom stereocenters. The molecule has 9 heteroatoms. The quantitative estimate of drug-likeness (QED) is 0.405. The van der Waals surface area contributed by atoms with Crippen LogP contribution in [0.25, 0.3) is 11.5 Å². The van der Waals surface area contributed by atoms with Crippen LogP contribution in [0.15, 0.2) is 67.1 Å². The Labute approximate surface area is 203 Å². The van der Waals surface area contributed by atoms with Crippen molar-refractivity contribution in [1.29, 1.82) is 0 Å². The minimum Gasteiger partial charge on any atom is -0.378 e. The van der Waals surface area contributed by atoms with Crippen LogP contribution in [0.1, 0.15) is 46.7 Å². The van der Waals surface area contributed by atoms with Crippen LogP contribution in [0.2, 0.25) is 0 Å². The summed E-state index contributed by atoms with van der Waals surface area (Å²) in [6.07, 6.45) is 4.14. The second-order valence-corrected chi connectivity index (χ2v) is 8.36. The fourth-order valence-electron chi connectivity index (χ4n) is 4.23. The minimum absolute atomic E-state index is 0.140. The molecule has 1 aliphatic heterocycles. The highest BCUT2D eigenvalue weighted by Crippen LogP contribution is 2.25. The van der Waals surface area contributed by atoms with E-state index in [4.69, 9.17) is 4.74 Å². The van der Waals surface area contributed by atoms with Gasteiger partial charge in [0.15, 0.2) is 11.6 Å². The molecule has 2 aromatic heterocycles. The third-order valence-corrected chi connectivity index (χ3v) is 5.94. The van der Waals surface area contributed by atoms with E-state index < -0.39 is 0 Å². The lowest BCUT2D eigenvalue weighted by Crippen LogP contribution is -2.34. The second kappa shape index (κ2) is 10.4. The maximum Gasteiger partial charge on any atom is 0.251 e. The smallest absolute Gasteiger partial charge is 0.251 e. The van der Waals surface area contributed by atoms with Crippen LogP contribution < -0.4 is 10.6 Å². The number of aromatic nitrogens is 5. The number of fused-ring (bicyclic) bond motifs is 1. The first kappa shape index (κ1) is 22.7. The van der Waals surface area contributed by atoms with Crippen molar-refractivity contribution in [2.75, 3.05) is 11.9 Å². The van der Waals surface area contributed by atoms with Crippen LogP contribution >= 0.6 is 0 Å². The number of benzene rings is 2. The molecule has 0 bridgehead atoms. The fraction of sp³-hybridized carbons (Fsp3) is 0.269. The average molecular weight is 470 g/mol. The molecule has 0 aliphatic carbocycles. The van der Waals surface area contributed by atoms with Gasteiger partial charge in [0.25, 0.3) is 5.91 Å². The van der Waals surface area contributed by atoms with Crippen LogP contribution in [0.5, 0.6) is 0 Å². The van der Waals surface area contributed by atoms with Gasteiger partial charge in [-0.25, -0.2) is 9.97 Å². The van der Waals surface area contributed by atoms with Gasteiger partial charge in [0, 0.05) is 24.0 Å². The Morgan fingerprint density at radius 2 is 2.06 bits per heavy atom. The molecule has 1 atom stereocenters. The van der Waals surface area contributed by atoms with Crippen molar-refractivity contribution in [1.82, 2.24) is 30.0 Å². The van der Waals surface area contributed by atoms with E-state index in [1.165, 1.54) is 6.33 Å². The lowest BCUT2D eigenvalue weighted by atomic mass is 9.99. The summed E-state index contributed by atoms with van der Waals surface area (Å²) in [5.41, 5.74) is 4.36. The van der Waals surface area contributed by atoms with E-state index in [2.05, 4.69) is 42.3 Å². The van der Waals surface area contributed by atoms with Crippen molar-refractivity contribution in [3.63, 3.8) is 0 Å². The van der Waals surface area contributed by atoms with Gasteiger partial charge in [-0.1, -0.05) is 37.3 Å². The summed E-state index contributed by atoms with van der Waals surface area (Å²) in [6.45, 7) is 4.38. The highest BCUT2D eigenvalue weighted by Gasteiger charge is 2.22. The topological polar surface area (TPSA) is 107 Å². The first-order chi connectivity index (χ1) is 17.2. The SMILES string of the molecule is CCCn1c(CNc2cccc(C(=O)N[C@@H]3COCc4ccccc43)c2)nnc1-c1ccncn1. The Morgan fingerprint density at radius 3 is 2.91 bits per heavy atom. The molecule has 35 heavy (non-hydrogen) atoms. The Bertz CT molecular complexity index is 1310. The maximum atomic E-state index is 13.0. The Balaban J connectivity index is 1.28. The molecular formula is C26H27N7O2. The van der Waals surface area contributed by atoms with Gasteiger partial charge < -0.3 is 19.9 Å². The number of nitrogens with zero attached hydrogens (tertiary/aromatic N) is 5. The van der Waals surface area contributed by atoms with E-state index in [1.54, 1.807) is 6.20 Å². The molecule has 0 saturated carbocycles. The highest BCUT2D eigenvalue weighted by atomic mass is 16.5. The average Bonchev–Trinajstić information content (AvgIpc) is 3.31. The zero-order chi connectivity index (χ0) is 24.0. The van der Waals surface area contributed by atoms with E-state index in [1.807, 2.05) is 54.6 Å². The molecule has 1 amide bonds. The summed E-state index contributed by atoms with van der Waals surface area (Å²) in [6, 6.07) is 17.2. The summed E-state index contributed by atoms with van der Waals surface area (Å²) in [7, 11) is 0. The van der Waals surface area contributed by atoms with E-state index in [9.17, 15) is 4.79 Å². The van der Waals surface area contributed by atoms with Gasteiger partial charge in [0.05, 0.1) is 25.8 Å². The van der Waals surface area contributed by atoms with Crippen LogP contribution in [-0.2, 0) is 24.4 Å². The molecule has 0 spiro atoms. The first-order valence-corrected chi connectivity index (χ1v) is 11.7. The van der Waals surface area contributed by atoms with Gasteiger partial charge in [0.1, 0.15) is 12.0 Å². The van der Waals surface area contributed by atoms with Gasteiger partial charge in [-0.3, -0.25) is 4.79 Å². The van der Waals surface area contributed by atoms with Gasteiger partial charge >= 0.3 is 0 Å². The third kappa shape index (κ3) is 5.04. The van der Waals surface area contributed by atoms with E-state index >= 15 is 0 Å². The standard InChI is InChI=1S/C26H27N7O2/c1-2-12-33-24(31-32-25(33)22-10-11-27-17-29-22)14-28-20-8-5-7-18(13-20)26(34)30-23-16-35-15-19-6-3-4-9-21(19)23/h3-11,13,17,23,28H,2,12,14-16H2,1H3,(H,30,34)/t23-/m1/s1. The monoisotopic (exact) mass is 469 g/mol. The molecule has 4 aromatic rings. The number of rotatable bonds is 8. The molecule has 9 nitrogen and oxygen atoms in total. The summed E-state index contributed by atoms with van der Waals surface area (Å²) in [5.74, 6) is 1.37. The van der Waals surface area contributed by atoms with Gasteiger partial charge in [-0.05, 0) is 41.8 Å². The predicted molar refractivity (Wildman–Crippen MR) is 131 cm³/mol. The molecule has 3 heterocycles. The molecule has 5 rings (SSSR count). The van der Waals surface area contributed by atoms with Crippen molar-refractivity contribution in [3.8, 4) is 11.5 Å². The largest absolute Gasteiger partial charge is 0.378 e. The minimum atomic E-state index is -0.170. The number of hydrogen-bond donors (Lipinski definition) is 2. The van der Waals surface area contributed by atoms with Crippen LogP contribution in [0, 0.1) is 0 Å². The summed E-state index contributed by atoms with van der Waals surface area (Å²) in [4.78, 5) is 21.3. The number of carbonyl (C=O) groups is 1. The summed E-state index contributed by atoms with van der Waals surface area (Å²) >= 11 is 0. The molecule has 1 aliphatic rings.